The Labute approximate surface area is 128 Å². The monoisotopic (exact) mass is 294 g/mol. The number of thiophene rings is 1. The summed E-state index contributed by atoms with van der Waals surface area (Å²) in [6.07, 6.45) is 4.96. The summed E-state index contributed by atoms with van der Waals surface area (Å²) < 4.78 is 0. The van der Waals surface area contributed by atoms with Crippen molar-refractivity contribution in [1.29, 1.82) is 0 Å². The molecule has 3 heteroatoms. The van der Waals surface area contributed by atoms with Crippen LogP contribution in [0.2, 0.25) is 0 Å². The van der Waals surface area contributed by atoms with E-state index in [-0.39, 0.29) is 5.54 Å². The van der Waals surface area contributed by atoms with Gasteiger partial charge in [-0.1, -0.05) is 33.3 Å². The van der Waals surface area contributed by atoms with E-state index in [9.17, 15) is 0 Å². The normalized spacial score (nSPS) is 29.5. The minimum atomic E-state index is 0.273. The highest BCUT2D eigenvalue weighted by Gasteiger charge is 2.37. The van der Waals surface area contributed by atoms with E-state index in [0.717, 1.165) is 6.54 Å². The van der Waals surface area contributed by atoms with Crippen LogP contribution in [-0.2, 0) is 0 Å². The van der Waals surface area contributed by atoms with Crippen LogP contribution in [0, 0.1) is 0 Å². The molecule has 0 radical (unpaired) electrons. The van der Waals surface area contributed by atoms with Crippen LogP contribution in [0.5, 0.6) is 0 Å². The molecule has 1 saturated heterocycles. The molecule has 3 atom stereocenters. The maximum Gasteiger partial charge on any atom is 0.0445 e. The van der Waals surface area contributed by atoms with Gasteiger partial charge in [-0.05, 0) is 37.6 Å². The third kappa shape index (κ3) is 3.44. The molecule has 1 N–H and O–H groups in total. The fourth-order valence-electron chi connectivity index (χ4n) is 3.28. The van der Waals surface area contributed by atoms with Gasteiger partial charge in [0.15, 0.2) is 0 Å². The zero-order chi connectivity index (χ0) is 14.6. The number of hydrogen-bond donors (Lipinski definition) is 1. The van der Waals surface area contributed by atoms with Crippen LogP contribution in [0.3, 0.4) is 0 Å². The number of hydrogen-bond acceptors (Lipinski definition) is 3. The van der Waals surface area contributed by atoms with E-state index in [1.165, 1.54) is 32.2 Å². The summed E-state index contributed by atoms with van der Waals surface area (Å²) in [4.78, 5) is 4.33. The molecule has 0 amide bonds. The van der Waals surface area contributed by atoms with Gasteiger partial charge in [0, 0.05) is 35.6 Å². The second-order valence-corrected chi connectivity index (χ2v) is 7.33. The van der Waals surface area contributed by atoms with Crippen molar-refractivity contribution in [2.75, 3.05) is 13.1 Å². The van der Waals surface area contributed by atoms with Crippen LogP contribution in [0.1, 0.15) is 64.3 Å². The molecule has 114 valence electrons. The van der Waals surface area contributed by atoms with Crippen LogP contribution in [0.25, 0.3) is 0 Å². The maximum atomic E-state index is 3.78. The predicted molar refractivity (Wildman–Crippen MR) is 89.5 cm³/mol. The van der Waals surface area contributed by atoms with Crippen molar-refractivity contribution < 1.29 is 0 Å². The van der Waals surface area contributed by atoms with Crippen molar-refractivity contribution in [3.63, 3.8) is 0 Å². The molecule has 3 unspecified atom stereocenters. The first-order valence-electron chi connectivity index (χ1n) is 8.17. The highest BCUT2D eigenvalue weighted by atomic mass is 32.1. The van der Waals surface area contributed by atoms with Gasteiger partial charge in [0.05, 0.1) is 0 Å². The Balaban J connectivity index is 2.23. The minimum Gasteiger partial charge on any atom is -0.309 e. The molecule has 0 bridgehead atoms. The van der Waals surface area contributed by atoms with E-state index < -0.39 is 0 Å². The van der Waals surface area contributed by atoms with Gasteiger partial charge in [0.1, 0.15) is 0 Å². The molecule has 20 heavy (non-hydrogen) atoms. The molecule has 1 aliphatic rings. The fraction of sp³-hybridized carbons (Fsp3) is 0.765. The highest BCUT2D eigenvalue weighted by Crippen LogP contribution is 2.34. The number of piperazine rings is 1. The highest BCUT2D eigenvalue weighted by molar-refractivity contribution is 7.10. The zero-order valence-corrected chi connectivity index (χ0v) is 14.3. The minimum absolute atomic E-state index is 0.273. The first kappa shape index (κ1) is 16.0. The zero-order valence-electron chi connectivity index (χ0n) is 13.5. The molecule has 2 nitrogen and oxygen atoms in total. The topological polar surface area (TPSA) is 15.3 Å². The van der Waals surface area contributed by atoms with Crippen LogP contribution >= 0.6 is 11.3 Å². The number of nitrogens with one attached hydrogen (secondary N) is 1. The smallest absolute Gasteiger partial charge is 0.0445 e. The van der Waals surface area contributed by atoms with Crippen molar-refractivity contribution in [3.8, 4) is 0 Å². The summed E-state index contributed by atoms with van der Waals surface area (Å²) in [5, 5.41) is 6.00. The third-order valence-electron chi connectivity index (χ3n) is 4.85. The molecule has 1 aliphatic heterocycles. The largest absolute Gasteiger partial charge is 0.309 e. The van der Waals surface area contributed by atoms with Gasteiger partial charge in [0.25, 0.3) is 0 Å². The molecule has 1 aromatic rings. The summed E-state index contributed by atoms with van der Waals surface area (Å²) in [6, 6.07) is 5.81. The van der Waals surface area contributed by atoms with E-state index in [1.54, 1.807) is 4.88 Å². The number of rotatable bonds is 6. The lowest BCUT2D eigenvalue weighted by atomic mass is 9.90. The quantitative estimate of drug-likeness (QED) is 0.834. The van der Waals surface area contributed by atoms with Gasteiger partial charge in [-0.3, -0.25) is 4.90 Å². The molecule has 2 rings (SSSR count). The molecule has 0 saturated carbocycles. The Hall–Kier alpha value is -0.380. The van der Waals surface area contributed by atoms with Gasteiger partial charge >= 0.3 is 0 Å². The van der Waals surface area contributed by atoms with E-state index in [1.807, 2.05) is 11.3 Å². The van der Waals surface area contributed by atoms with Crippen LogP contribution in [0.4, 0.5) is 0 Å². The Bertz CT molecular complexity index is 390. The average Bonchev–Trinajstić information content (AvgIpc) is 2.98. The van der Waals surface area contributed by atoms with Crippen molar-refractivity contribution >= 4 is 11.3 Å². The summed E-state index contributed by atoms with van der Waals surface area (Å²) in [7, 11) is 0. The SMILES string of the molecule is CCCC(c1cccs1)N1CC(C)(CC)NCC1CC. The molecular formula is C17H30N2S. The predicted octanol–water partition coefficient (Wildman–Crippen LogP) is 4.44. The average molecular weight is 295 g/mol. The molecule has 0 aromatic carbocycles. The van der Waals surface area contributed by atoms with E-state index in [4.69, 9.17) is 0 Å². The second kappa shape index (κ2) is 7.06. The molecule has 0 aliphatic carbocycles. The molecular weight excluding hydrogens is 264 g/mol. The lowest BCUT2D eigenvalue weighted by Crippen LogP contribution is -2.63. The van der Waals surface area contributed by atoms with Gasteiger partial charge in [0.2, 0.25) is 0 Å². The third-order valence-corrected chi connectivity index (χ3v) is 5.82. The lowest BCUT2D eigenvalue weighted by molar-refractivity contribution is 0.0404. The molecule has 0 spiro atoms. The van der Waals surface area contributed by atoms with E-state index in [0.29, 0.717) is 12.1 Å². The van der Waals surface area contributed by atoms with E-state index >= 15 is 0 Å². The Morgan fingerprint density at radius 2 is 2.25 bits per heavy atom. The number of nitrogens with zero attached hydrogens (tertiary/aromatic N) is 1. The Kier molecular flexibility index (Phi) is 5.65. The molecule has 2 heterocycles. The molecule has 1 aromatic heterocycles. The first-order valence-corrected chi connectivity index (χ1v) is 9.05. The van der Waals surface area contributed by atoms with Crippen molar-refractivity contribution in [3.05, 3.63) is 22.4 Å². The van der Waals surface area contributed by atoms with Crippen LogP contribution in [0.15, 0.2) is 17.5 Å². The van der Waals surface area contributed by atoms with Gasteiger partial charge in [-0.2, -0.15) is 0 Å². The second-order valence-electron chi connectivity index (χ2n) is 6.35. The summed E-state index contributed by atoms with van der Waals surface area (Å²) in [5.41, 5.74) is 0.273. The van der Waals surface area contributed by atoms with Crippen molar-refractivity contribution in [2.45, 2.75) is 71.0 Å². The Morgan fingerprint density at radius 1 is 1.45 bits per heavy atom. The van der Waals surface area contributed by atoms with E-state index in [2.05, 4.69) is 55.4 Å². The van der Waals surface area contributed by atoms with Crippen molar-refractivity contribution in [2.24, 2.45) is 0 Å². The van der Waals surface area contributed by atoms with Crippen LogP contribution < -0.4 is 5.32 Å². The fourth-order valence-corrected chi connectivity index (χ4v) is 4.16. The Morgan fingerprint density at radius 3 is 2.80 bits per heavy atom. The maximum absolute atomic E-state index is 3.78. The lowest BCUT2D eigenvalue weighted by Gasteiger charge is -2.49. The van der Waals surface area contributed by atoms with Gasteiger partial charge in [-0.15, -0.1) is 11.3 Å². The first-order chi connectivity index (χ1) is 9.63. The summed E-state index contributed by atoms with van der Waals surface area (Å²) in [5.74, 6) is 0. The van der Waals surface area contributed by atoms with Crippen molar-refractivity contribution in [1.82, 2.24) is 10.2 Å². The van der Waals surface area contributed by atoms with Gasteiger partial charge in [-0.25, -0.2) is 0 Å². The summed E-state index contributed by atoms with van der Waals surface area (Å²) in [6.45, 7) is 11.6. The van der Waals surface area contributed by atoms with Crippen LogP contribution in [-0.4, -0.2) is 29.6 Å². The van der Waals surface area contributed by atoms with Gasteiger partial charge < -0.3 is 5.32 Å². The standard InChI is InChI=1S/C17H30N2S/c1-5-9-15(16-10-8-11-20-16)19-13-17(4,7-3)18-12-14(19)6-2/h8,10-11,14-15,18H,5-7,9,12-13H2,1-4H3. The molecule has 1 fully saturated rings. The summed E-state index contributed by atoms with van der Waals surface area (Å²) >= 11 is 1.92.